The van der Waals surface area contributed by atoms with Crippen molar-refractivity contribution < 1.29 is 0 Å². The summed E-state index contributed by atoms with van der Waals surface area (Å²) >= 11 is 6.27. The lowest BCUT2D eigenvalue weighted by Gasteiger charge is -2.09. The van der Waals surface area contributed by atoms with Gasteiger partial charge in [-0.05, 0) is 23.8 Å². The minimum Gasteiger partial charge on any atom is -0.377 e. The molecular weight excluding hydrogens is 374 g/mol. The Bertz CT molecular complexity index is 1120. The summed E-state index contributed by atoms with van der Waals surface area (Å²) in [6, 6.07) is 21.4. The van der Waals surface area contributed by atoms with Gasteiger partial charge in [0.2, 0.25) is 0 Å². The van der Waals surface area contributed by atoms with Crippen molar-refractivity contribution in [1.82, 2.24) is 19.6 Å². The second-order valence-electron chi connectivity index (χ2n) is 6.26. The predicted molar refractivity (Wildman–Crippen MR) is 110 cm³/mol. The second-order valence-corrected chi connectivity index (χ2v) is 6.64. The van der Waals surface area contributed by atoms with E-state index in [1.165, 1.54) is 4.68 Å². The maximum atomic E-state index is 12.5. The van der Waals surface area contributed by atoms with Crippen LogP contribution >= 0.6 is 11.6 Å². The largest absolute Gasteiger partial charge is 0.377 e. The topological polar surface area (TPSA) is 64.7 Å². The molecule has 2 aromatic carbocycles. The Kier molecular flexibility index (Phi) is 5.21. The molecule has 0 saturated carbocycles. The molecule has 0 atom stereocenters. The molecule has 0 aliphatic carbocycles. The number of benzene rings is 2. The van der Waals surface area contributed by atoms with Crippen LogP contribution in [0.3, 0.4) is 0 Å². The first kappa shape index (κ1) is 18.0. The van der Waals surface area contributed by atoms with E-state index < -0.39 is 0 Å². The van der Waals surface area contributed by atoms with Crippen LogP contribution in [0.4, 0.5) is 5.69 Å². The minimum absolute atomic E-state index is 0.119. The van der Waals surface area contributed by atoms with Gasteiger partial charge in [-0.25, -0.2) is 9.36 Å². The average molecular weight is 392 g/mol. The number of hydrogen-bond acceptors (Lipinski definition) is 4. The zero-order valence-electron chi connectivity index (χ0n) is 15.0. The molecule has 140 valence electrons. The van der Waals surface area contributed by atoms with Crippen molar-refractivity contribution in [2.24, 2.45) is 0 Å². The fourth-order valence-corrected chi connectivity index (χ4v) is 3.04. The highest BCUT2D eigenvalue weighted by Crippen LogP contribution is 2.17. The van der Waals surface area contributed by atoms with Gasteiger partial charge in [-0.1, -0.05) is 60.1 Å². The smallest absolute Gasteiger partial charge is 0.287 e. The van der Waals surface area contributed by atoms with E-state index in [0.717, 1.165) is 16.9 Å². The molecule has 28 heavy (non-hydrogen) atoms. The number of nitrogens with zero attached hydrogens (tertiary/aromatic N) is 4. The Balaban J connectivity index is 1.46. The second kappa shape index (κ2) is 8.10. The molecule has 0 bridgehead atoms. The van der Waals surface area contributed by atoms with Crippen molar-refractivity contribution in [2.75, 3.05) is 5.32 Å². The molecule has 7 heteroatoms. The van der Waals surface area contributed by atoms with Crippen LogP contribution in [0.1, 0.15) is 11.3 Å². The van der Waals surface area contributed by atoms with Crippen LogP contribution in [0.2, 0.25) is 5.02 Å². The maximum Gasteiger partial charge on any atom is 0.287 e. The first-order chi connectivity index (χ1) is 13.7. The third kappa shape index (κ3) is 3.97. The van der Waals surface area contributed by atoms with E-state index in [4.69, 9.17) is 11.6 Å². The zero-order valence-corrected chi connectivity index (χ0v) is 15.8. The van der Waals surface area contributed by atoms with Gasteiger partial charge in [0, 0.05) is 6.20 Å². The van der Waals surface area contributed by atoms with Crippen molar-refractivity contribution in [1.29, 1.82) is 0 Å². The van der Waals surface area contributed by atoms with E-state index in [1.54, 1.807) is 10.9 Å². The summed E-state index contributed by atoms with van der Waals surface area (Å²) in [4.78, 5) is 12.5. The van der Waals surface area contributed by atoms with E-state index in [9.17, 15) is 4.79 Å². The summed E-state index contributed by atoms with van der Waals surface area (Å²) in [7, 11) is 0. The third-order valence-corrected chi connectivity index (χ3v) is 4.65. The van der Waals surface area contributed by atoms with Gasteiger partial charge in [-0.2, -0.15) is 10.2 Å². The third-order valence-electron chi connectivity index (χ3n) is 4.29. The number of anilines is 1. The van der Waals surface area contributed by atoms with Crippen molar-refractivity contribution in [2.45, 2.75) is 13.1 Å². The van der Waals surface area contributed by atoms with Crippen LogP contribution in [-0.4, -0.2) is 19.6 Å². The molecule has 0 fully saturated rings. The summed E-state index contributed by atoms with van der Waals surface area (Å²) in [5.41, 5.74) is 2.96. The Morgan fingerprint density at radius 2 is 1.68 bits per heavy atom. The fraction of sp³-hybridized carbons (Fsp3) is 0.0952. The molecule has 2 aromatic heterocycles. The summed E-state index contributed by atoms with van der Waals surface area (Å²) in [6.45, 7) is 0.810. The summed E-state index contributed by atoms with van der Waals surface area (Å²) in [6.07, 6.45) is 3.46. The highest BCUT2D eigenvalue weighted by Gasteiger charge is 2.10. The van der Waals surface area contributed by atoms with Gasteiger partial charge in [0.05, 0.1) is 36.4 Å². The fourth-order valence-electron chi connectivity index (χ4n) is 2.82. The lowest BCUT2D eigenvalue weighted by Crippen LogP contribution is -2.24. The van der Waals surface area contributed by atoms with Gasteiger partial charge in [-0.3, -0.25) is 4.79 Å². The monoisotopic (exact) mass is 391 g/mol. The first-order valence-corrected chi connectivity index (χ1v) is 9.22. The number of hydrogen-bond donors (Lipinski definition) is 1. The number of para-hydroxylation sites is 1. The number of aromatic nitrogens is 4. The molecule has 0 amide bonds. The minimum atomic E-state index is -0.328. The summed E-state index contributed by atoms with van der Waals surface area (Å²) in [5.74, 6) is 0. The Labute approximate surface area is 167 Å². The first-order valence-electron chi connectivity index (χ1n) is 8.84. The number of halogens is 1. The summed E-state index contributed by atoms with van der Waals surface area (Å²) < 4.78 is 3.15. The van der Waals surface area contributed by atoms with E-state index in [2.05, 4.69) is 15.5 Å². The van der Waals surface area contributed by atoms with Crippen LogP contribution in [0.5, 0.6) is 0 Å². The molecule has 0 aliphatic rings. The predicted octanol–water partition coefficient (Wildman–Crippen LogP) is 3.74. The molecule has 0 radical (unpaired) electrons. The zero-order chi connectivity index (χ0) is 19.3. The average Bonchev–Trinajstić information content (AvgIpc) is 3.21. The Hall–Kier alpha value is -3.38. The molecule has 0 unspecified atom stereocenters. The highest BCUT2D eigenvalue weighted by atomic mass is 35.5. The molecule has 4 aromatic rings. The summed E-state index contributed by atoms with van der Waals surface area (Å²) in [5, 5.41) is 12.0. The number of nitrogens with one attached hydrogen (secondary N) is 1. The molecule has 2 heterocycles. The maximum absolute atomic E-state index is 12.5. The van der Waals surface area contributed by atoms with Crippen LogP contribution in [0.15, 0.2) is 83.9 Å². The van der Waals surface area contributed by atoms with Crippen molar-refractivity contribution in [3.63, 3.8) is 0 Å². The molecular formula is C21H18ClN5O. The lowest BCUT2D eigenvalue weighted by molar-refractivity contribution is 0.639. The quantitative estimate of drug-likeness (QED) is 0.543. The van der Waals surface area contributed by atoms with Gasteiger partial charge in [0.1, 0.15) is 5.02 Å². The Morgan fingerprint density at radius 1 is 0.964 bits per heavy atom. The number of rotatable bonds is 6. The van der Waals surface area contributed by atoms with Crippen LogP contribution < -0.4 is 10.9 Å². The molecule has 0 spiro atoms. The van der Waals surface area contributed by atoms with Crippen molar-refractivity contribution in [3.05, 3.63) is 106 Å². The van der Waals surface area contributed by atoms with Gasteiger partial charge in [-0.15, -0.1) is 0 Å². The van der Waals surface area contributed by atoms with E-state index in [1.807, 2.05) is 72.9 Å². The molecule has 6 nitrogen and oxygen atoms in total. The van der Waals surface area contributed by atoms with Gasteiger partial charge >= 0.3 is 0 Å². The van der Waals surface area contributed by atoms with Crippen molar-refractivity contribution in [3.8, 4) is 5.69 Å². The van der Waals surface area contributed by atoms with E-state index >= 15 is 0 Å². The molecule has 1 N–H and O–H groups in total. The standard InChI is InChI=1S/C21H18ClN5O/c22-20-19(14-24-27(21(20)28)15-16-7-3-1-4-8-16)23-13-17-11-12-26(25-17)18-9-5-2-6-10-18/h1-12,14,23H,13,15H2. The Morgan fingerprint density at radius 3 is 2.43 bits per heavy atom. The van der Waals surface area contributed by atoms with Gasteiger partial charge in [0.25, 0.3) is 5.56 Å². The van der Waals surface area contributed by atoms with Crippen LogP contribution in [0, 0.1) is 0 Å². The van der Waals surface area contributed by atoms with E-state index in [0.29, 0.717) is 18.8 Å². The van der Waals surface area contributed by atoms with Gasteiger partial charge < -0.3 is 5.32 Å². The molecule has 4 rings (SSSR count). The normalized spacial score (nSPS) is 10.8. The lowest BCUT2D eigenvalue weighted by atomic mass is 10.2. The highest BCUT2D eigenvalue weighted by molar-refractivity contribution is 6.32. The SMILES string of the molecule is O=c1c(Cl)c(NCc2ccn(-c3ccccc3)n2)cnn1Cc1ccccc1. The van der Waals surface area contributed by atoms with E-state index in [-0.39, 0.29) is 10.6 Å². The molecule has 0 saturated heterocycles. The van der Waals surface area contributed by atoms with Gasteiger partial charge in [0.15, 0.2) is 0 Å². The van der Waals surface area contributed by atoms with Crippen LogP contribution in [0.25, 0.3) is 5.69 Å². The van der Waals surface area contributed by atoms with Crippen LogP contribution in [-0.2, 0) is 13.1 Å². The molecule has 0 aliphatic heterocycles. The van der Waals surface area contributed by atoms with Crippen molar-refractivity contribution >= 4 is 17.3 Å².